The minimum Gasteiger partial charge on any atom is -0.305 e. The highest BCUT2D eigenvalue weighted by Crippen LogP contribution is 2.31. The second-order valence-electron chi connectivity index (χ2n) is 6.04. The summed E-state index contributed by atoms with van der Waals surface area (Å²) in [6, 6.07) is 2.72. The van der Waals surface area contributed by atoms with Gasteiger partial charge < -0.3 is 4.57 Å². The molecule has 1 N–H and O–H groups in total. The van der Waals surface area contributed by atoms with Crippen molar-refractivity contribution in [3.05, 3.63) is 23.0 Å². The van der Waals surface area contributed by atoms with Gasteiger partial charge in [0.15, 0.2) is 0 Å². The Morgan fingerprint density at radius 3 is 2.68 bits per heavy atom. The van der Waals surface area contributed by atoms with E-state index in [9.17, 15) is 13.6 Å². The lowest BCUT2D eigenvalue weighted by molar-refractivity contribution is -0.116. The predicted octanol–water partition coefficient (Wildman–Crippen LogP) is 4.27. The summed E-state index contributed by atoms with van der Waals surface area (Å²) in [4.78, 5) is 16.1. The number of rotatable bonds is 4. The van der Waals surface area contributed by atoms with Gasteiger partial charge in [-0.05, 0) is 33.3 Å². The van der Waals surface area contributed by atoms with Gasteiger partial charge in [-0.2, -0.15) is 0 Å². The molecule has 0 spiro atoms. The van der Waals surface area contributed by atoms with Crippen molar-refractivity contribution in [2.45, 2.75) is 39.2 Å². The normalized spacial score (nSPS) is 11.9. The van der Waals surface area contributed by atoms with Crippen LogP contribution in [0.1, 0.15) is 33.6 Å². The van der Waals surface area contributed by atoms with Crippen LogP contribution in [0.15, 0.2) is 12.1 Å². The highest BCUT2D eigenvalue weighted by molar-refractivity contribution is 6.31. The molecule has 0 saturated carbocycles. The molecule has 1 aromatic carbocycles. The number of nitrogens with zero attached hydrogens (tertiary/aromatic N) is 2. The van der Waals surface area contributed by atoms with Gasteiger partial charge in [-0.25, -0.2) is 9.37 Å². The Balaban J connectivity index is 2.51. The Morgan fingerprint density at radius 2 is 2.09 bits per heavy atom. The third-order valence-electron chi connectivity index (χ3n) is 3.16. The Morgan fingerprint density at radius 1 is 1.41 bits per heavy atom. The molecule has 0 atom stereocenters. The van der Waals surface area contributed by atoms with Gasteiger partial charge in [-0.3, -0.25) is 14.5 Å². The fourth-order valence-corrected chi connectivity index (χ4v) is 2.41. The molecule has 22 heavy (non-hydrogen) atoms. The highest BCUT2D eigenvalue weighted by Gasteiger charge is 2.23. The first-order valence-corrected chi connectivity index (χ1v) is 7.35. The van der Waals surface area contributed by atoms with Gasteiger partial charge >= 0.3 is 0 Å². The topological polar surface area (TPSA) is 46.9 Å². The number of hydrogen-bond donors (Lipinski definition) is 1. The van der Waals surface area contributed by atoms with Crippen molar-refractivity contribution in [3.63, 3.8) is 0 Å². The first-order chi connectivity index (χ1) is 10.2. The highest BCUT2D eigenvalue weighted by atomic mass is 35.5. The molecule has 4 nitrogen and oxygen atoms in total. The number of nitrogens with one attached hydrogen (secondary N) is 1. The van der Waals surface area contributed by atoms with Gasteiger partial charge in [0.2, 0.25) is 11.9 Å². The molecular weight excluding hydrogens is 312 g/mol. The number of fused-ring (bicyclic) bond motifs is 1. The predicted molar refractivity (Wildman–Crippen MR) is 83.5 cm³/mol. The summed E-state index contributed by atoms with van der Waals surface area (Å²) < 4.78 is 27.5. The van der Waals surface area contributed by atoms with Crippen molar-refractivity contribution in [3.8, 4) is 0 Å². The number of carbonyl (C=O) groups is 1. The van der Waals surface area contributed by atoms with Crippen LogP contribution in [0.2, 0.25) is 5.02 Å². The summed E-state index contributed by atoms with van der Waals surface area (Å²) in [5, 5.41) is 2.65. The summed E-state index contributed by atoms with van der Waals surface area (Å²) >= 11 is 5.85. The monoisotopic (exact) mass is 329 g/mol. The van der Waals surface area contributed by atoms with E-state index in [2.05, 4.69) is 10.3 Å². The third kappa shape index (κ3) is 3.38. The van der Waals surface area contributed by atoms with Crippen LogP contribution in [0.3, 0.4) is 0 Å². The van der Waals surface area contributed by atoms with E-state index in [4.69, 9.17) is 11.6 Å². The average Bonchev–Trinajstić information content (AvgIpc) is 2.73. The molecule has 120 valence electrons. The van der Waals surface area contributed by atoms with Crippen molar-refractivity contribution in [2.75, 3.05) is 12.0 Å². The Bertz CT molecular complexity index is 707. The van der Waals surface area contributed by atoms with Crippen molar-refractivity contribution in [1.82, 2.24) is 9.55 Å². The van der Waals surface area contributed by atoms with E-state index in [1.54, 1.807) is 4.57 Å². The molecule has 1 amide bonds. The van der Waals surface area contributed by atoms with E-state index < -0.39 is 18.0 Å². The van der Waals surface area contributed by atoms with Crippen LogP contribution in [0.4, 0.5) is 14.7 Å². The standard InChI is InChI=1S/C15H18ClF2N3O/c1-15(2,3)21-12-7-9(16)10(18)8-11(12)19-14(21)20-13(22)5-4-6-17/h7-8H,4-6H2,1-3H3,(H,19,20,22). The van der Waals surface area contributed by atoms with Crippen molar-refractivity contribution in [1.29, 1.82) is 0 Å². The first-order valence-electron chi connectivity index (χ1n) is 6.98. The fourth-order valence-electron chi connectivity index (χ4n) is 2.25. The molecule has 0 radical (unpaired) electrons. The van der Waals surface area contributed by atoms with Crippen molar-refractivity contribution >= 4 is 34.5 Å². The largest absolute Gasteiger partial charge is 0.305 e. The Hall–Kier alpha value is -1.69. The third-order valence-corrected chi connectivity index (χ3v) is 3.45. The quantitative estimate of drug-likeness (QED) is 0.910. The lowest BCUT2D eigenvalue weighted by Crippen LogP contribution is -2.25. The van der Waals surface area contributed by atoms with Crippen LogP contribution in [0, 0.1) is 5.82 Å². The summed E-state index contributed by atoms with van der Waals surface area (Å²) in [7, 11) is 0. The van der Waals surface area contributed by atoms with E-state index in [0.29, 0.717) is 17.0 Å². The molecule has 0 aliphatic carbocycles. The molecule has 2 rings (SSSR count). The van der Waals surface area contributed by atoms with E-state index in [1.165, 1.54) is 12.1 Å². The maximum atomic E-state index is 13.6. The number of carbonyl (C=O) groups excluding carboxylic acids is 1. The maximum Gasteiger partial charge on any atom is 0.226 e. The molecule has 0 fully saturated rings. The molecule has 1 heterocycles. The van der Waals surface area contributed by atoms with Crippen LogP contribution >= 0.6 is 11.6 Å². The molecule has 0 bridgehead atoms. The zero-order valence-electron chi connectivity index (χ0n) is 12.7. The van der Waals surface area contributed by atoms with Gasteiger partial charge in [0.1, 0.15) is 5.82 Å². The van der Waals surface area contributed by atoms with Crippen molar-refractivity contribution < 1.29 is 13.6 Å². The number of anilines is 1. The molecule has 0 saturated heterocycles. The van der Waals surface area contributed by atoms with E-state index in [1.807, 2.05) is 20.8 Å². The number of alkyl halides is 1. The van der Waals surface area contributed by atoms with Gasteiger partial charge in [-0.15, -0.1) is 0 Å². The van der Waals surface area contributed by atoms with Crippen molar-refractivity contribution in [2.24, 2.45) is 0 Å². The molecule has 0 aliphatic heterocycles. The van der Waals surface area contributed by atoms with Crippen LogP contribution in [-0.4, -0.2) is 22.1 Å². The zero-order valence-corrected chi connectivity index (χ0v) is 13.5. The van der Waals surface area contributed by atoms with E-state index in [-0.39, 0.29) is 23.8 Å². The molecule has 7 heteroatoms. The van der Waals surface area contributed by atoms with Crippen LogP contribution in [0.5, 0.6) is 0 Å². The molecule has 2 aromatic rings. The Kier molecular flexibility index (Phi) is 4.70. The summed E-state index contributed by atoms with van der Waals surface area (Å²) in [5.41, 5.74) is 0.621. The number of aromatic nitrogens is 2. The molecular formula is C15H18ClF2N3O. The van der Waals surface area contributed by atoms with Crippen LogP contribution < -0.4 is 5.32 Å². The minimum atomic E-state index is -0.567. The van der Waals surface area contributed by atoms with Gasteiger partial charge in [0, 0.05) is 18.0 Å². The maximum absolute atomic E-state index is 13.6. The van der Waals surface area contributed by atoms with Gasteiger partial charge in [-0.1, -0.05) is 11.6 Å². The van der Waals surface area contributed by atoms with E-state index >= 15 is 0 Å². The minimum absolute atomic E-state index is 0.00629. The molecule has 1 aromatic heterocycles. The lowest BCUT2D eigenvalue weighted by Gasteiger charge is -2.24. The number of halogens is 3. The second-order valence-corrected chi connectivity index (χ2v) is 6.44. The summed E-state index contributed by atoms with van der Waals surface area (Å²) in [6.45, 7) is 5.25. The molecule has 0 aliphatic rings. The summed E-state index contributed by atoms with van der Waals surface area (Å²) in [5.74, 6) is -0.596. The first kappa shape index (κ1) is 16.7. The number of imidazole rings is 1. The number of amides is 1. The fraction of sp³-hybridized carbons (Fsp3) is 0.467. The van der Waals surface area contributed by atoms with E-state index in [0.717, 1.165) is 0 Å². The summed E-state index contributed by atoms with van der Waals surface area (Å²) in [6.07, 6.45) is 0.223. The second kappa shape index (κ2) is 6.20. The molecule has 0 unspecified atom stereocenters. The Labute approximate surface area is 132 Å². The lowest BCUT2D eigenvalue weighted by atomic mass is 10.1. The number of benzene rings is 1. The zero-order chi connectivity index (χ0) is 16.5. The van der Waals surface area contributed by atoms with Crippen LogP contribution in [0.25, 0.3) is 11.0 Å². The van der Waals surface area contributed by atoms with Gasteiger partial charge in [0.05, 0.1) is 22.7 Å². The number of hydrogen-bond acceptors (Lipinski definition) is 2. The van der Waals surface area contributed by atoms with Gasteiger partial charge in [0.25, 0.3) is 0 Å². The average molecular weight is 330 g/mol. The smallest absolute Gasteiger partial charge is 0.226 e. The SMILES string of the molecule is CC(C)(C)n1c(NC(=O)CCCF)nc2cc(F)c(Cl)cc21. The van der Waals surface area contributed by atoms with Crippen LogP contribution in [-0.2, 0) is 10.3 Å².